The van der Waals surface area contributed by atoms with Gasteiger partial charge in [0, 0.05) is 19.2 Å². The molecule has 0 saturated heterocycles. The fourth-order valence-corrected chi connectivity index (χ4v) is 2.54. The molecular weight excluding hydrogens is 280 g/mol. The van der Waals surface area contributed by atoms with Gasteiger partial charge >= 0.3 is 5.97 Å². The lowest BCUT2D eigenvalue weighted by molar-refractivity contribution is -0.133. The largest absolute Gasteiger partial charge is 0.481 e. The molecule has 106 valence electrons. The zero-order valence-electron chi connectivity index (χ0n) is 10.7. The first-order chi connectivity index (χ1) is 9.58. The van der Waals surface area contributed by atoms with Gasteiger partial charge < -0.3 is 15.4 Å². The van der Waals surface area contributed by atoms with Gasteiger partial charge in [0.05, 0.1) is 5.75 Å². The van der Waals surface area contributed by atoms with Crippen molar-refractivity contribution in [3.63, 3.8) is 0 Å². The zero-order chi connectivity index (χ0) is 14.5. The Kier molecular flexibility index (Phi) is 4.57. The number of aliphatic carboxylic acids is 1. The minimum absolute atomic E-state index is 0.0703. The van der Waals surface area contributed by atoms with Crippen LogP contribution in [0.25, 0.3) is 11.2 Å². The number of thioether (sulfide) groups is 1. The smallest absolute Gasteiger partial charge is 0.313 e. The Balaban J connectivity index is 2.24. The van der Waals surface area contributed by atoms with Gasteiger partial charge in [0.25, 0.3) is 0 Å². The minimum Gasteiger partial charge on any atom is -0.481 e. The van der Waals surface area contributed by atoms with E-state index in [0.29, 0.717) is 29.3 Å². The van der Waals surface area contributed by atoms with Gasteiger partial charge in [0.2, 0.25) is 5.91 Å². The monoisotopic (exact) mass is 294 g/mol. The van der Waals surface area contributed by atoms with Crippen LogP contribution in [0, 0.1) is 0 Å². The molecule has 0 fully saturated rings. The fourth-order valence-electron chi connectivity index (χ4n) is 1.79. The average Bonchev–Trinajstić information content (AvgIpc) is 2.74. The highest BCUT2D eigenvalue weighted by Gasteiger charge is 2.13. The van der Waals surface area contributed by atoms with Crippen LogP contribution >= 0.6 is 11.8 Å². The Morgan fingerprint density at radius 2 is 2.25 bits per heavy atom. The number of hydrogen-bond donors (Lipinski definition) is 2. The first-order valence-corrected chi connectivity index (χ1v) is 7.00. The number of nitrogens with two attached hydrogens (primary N) is 1. The van der Waals surface area contributed by atoms with Gasteiger partial charge in [0.15, 0.2) is 10.8 Å². The van der Waals surface area contributed by atoms with Crippen LogP contribution in [0.5, 0.6) is 0 Å². The van der Waals surface area contributed by atoms with Gasteiger partial charge in [-0.1, -0.05) is 11.8 Å². The van der Waals surface area contributed by atoms with Crippen molar-refractivity contribution >= 4 is 34.8 Å². The van der Waals surface area contributed by atoms with Crippen LogP contribution in [0.2, 0.25) is 0 Å². The van der Waals surface area contributed by atoms with Gasteiger partial charge in [0.1, 0.15) is 5.52 Å². The van der Waals surface area contributed by atoms with Crippen LogP contribution in [-0.2, 0) is 16.1 Å². The van der Waals surface area contributed by atoms with Crippen molar-refractivity contribution in [3.8, 4) is 0 Å². The Morgan fingerprint density at radius 1 is 1.45 bits per heavy atom. The molecule has 0 radical (unpaired) electrons. The topological polar surface area (TPSA) is 111 Å². The minimum atomic E-state index is -0.904. The van der Waals surface area contributed by atoms with Gasteiger partial charge in [-0.15, -0.1) is 0 Å². The first-order valence-electron chi connectivity index (χ1n) is 6.02. The molecule has 2 rings (SSSR count). The summed E-state index contributed by atoms with van der Waals surface area (Å²) in [6.45, 7) is 0.526. The summed E-state index contributed by atoms with van der Waals surface area (Å²) < 4.78 is 1.83. The predicted octanol–water partition coefficient (Wildman–Crippen LogP) is 0.873. The average molecular weight is 294 g/mol. The number of rotatable bonds is 7. The molecule has 20 heavy (non-hydrogen) atoms. The standard InChI is InChI=1S/C12H14N4O3S/c13-9(17)4-2-6-16-11-8(3-1-5-14-11)15-12(16)20-7-10(18)19/h1,3,5H,2,4,6-7H2,(H2,13,17)(H,18,19). The second-order valence-electron chi connectivity index (χ2n) is 4.14. The molecule has 1 amide bonds. The summed E-state index contributed by atoms with van der Waals surface area (Å²) in [5, 5.41) is 9.34. The number of pyridine rings is 1. The maximum atomic E-state index is 10.8. The van der Waals surface area contributed by atoms with E-state index >= 15 is 0 Å². The summed E-state index contributed by atoms with van der Waals surface area (Å²) in [4.78, 5) is 30.1. The van der Waals surface area contributed by atoms with Crippen LogP contribution in [0.1, 0.15) is 12.8 Å². The van der Waals surface area contributed by atoms with Crippen molar-refractivity contribution in [3.05, 3.63) is 18.3 Å². The van der Waals surface area contributed by atoms with Crippen molar-refractivity contribution in [2.45, 2.75) is 24.5 Å². The van der Waals surface area contributed by atoms with Crippen LogP contribution in [0.15, 0.2) is 23.5 Å². The lowest BCUT2D eigenvalue weighted by Crippen LogP contribution is -2.12. The second-order valence-corrected chi connectivity index (χ2v) is 5.09. The molecule has 0 aliphatic carbocycles. The van der Waals surface area contributed by atoms with E-state index in [-0.39, 0.29) is 18.1 Å². The molecule has 0 bridgehead atoms. The maximum absolute atomic E-state index is 10.8. The molecule has 2 aromatic heterocycles. The van der Waals surface area contributed by atoms with E-state index in [4.69, 9.17) is 10.8 Å². The van der Waals surface area contributed by atoms with Crippen LogP contribution in [0.4, 0.5) is 0 Å². The van der Waals surface area contributed by atoms with E-state index in [9.17, 15) is 9.59 Å². The van der Waals surface area contributed by atoms with Crippen molar-refractivity contribution < 1.29 is 14.7 Å². The number of carbonyl (C=O) groups excluding carboxylic acids is 1. The van der Waals surface area contributed by atoms with Crippen LogP contribution in [0.3, 0.4) is 0 Å². The number of aromatic nitrogens is 3. The number of carbonyl (C=O) groups is 2. The number of carboxylic acids is 1. The molecule has 3 N–H and O–H groups in total. The summed E-state index contributed by atoms with van der Waals surface area (Å²) in [5.74, 6) is -1.33. The van der Waals surface area contributed by atoms with Crippen molar-refractivity contribution in [1.82, 2.24) is 14.5 Å². The highest BCUT2D eigenvalue weighted by Crippen LogP contribution is 2.23. The number of primary amides is 1. The summed E-state index contributed by atoms with van der Waals surface area (Å²) in [6, 6.07) is 3.59. The van der Waals surface area contributed by atoms with E-state index < -0.39 is 5.97 Å². The highest BCUT2D eigenvalue weighted by molar-refractivity contribution is 7.99. The number of amides is 1. The van der Waals surface area contributed by atoms with Crippen molar-refractivity contribution in [2.75, 3.05) is 5.75 Å². The third-order valence-corrected chi connectivity index (χ3v) is 3.56. The molecule has 0 atom stereocenters. The van der Waals surface area contributed by atoms with E-state index in [0.717, 1.165) is 11.8 Å². The third-order valence-electron chi connectivity index (χ3n) is 2.60. The number of imidazole rings is 1. The molecule has 2 heterocycles. The first kappa shape index (κ1) is 14.3. The Labute approximate surface area is 119 Å². The van der Waals surface area contributed by atoms with Gasteiger partial charge in [-0.3, -0.25) is 9.59 Å². The van der Waals surface area contributed by atoms with Gasteiger partial charge in [-0.25, -0.2) is 9.97 Å². The lowest BCUT2D eigenvalue weighted by atomic mass is 10.3. The molecule has 0 aliphatic heterocycles. The Hall–Kier alpha value is -2.09. The number of carboxylic acid groups (broad SMARTS) is 1. The number of hydrogen-bond acceptors (Lipinski definition) is 5. The number of nitrogens with zero attached hydrogens (tertiary/aromatic N) is 3. The van der Waals surface area contributed by atoms with E-state index in [1.165, 1.54) is 0 Å². The fraction of sp³-hybridized carbons (Fsp3) is 0.333. The van der Waals surface area contributed by atoms with Crippen LogP contribution < -0.4 is 5.73 Å². The lowest BCUT2D eigenvalue weighted by Gasteiger charge is -2.06. The molecule has 0 aliphatic rings. The number of aryl methyl sites for hydroxylation is 1. The molecule has 0 spiro atoms. The van der Waals surface area contributed by atoms with Crippen molar-refractivity contribution in [1.29, 1.82) is 0 Å². The van der Waals surface area contributed by atoms with Gasteiger partial charge in [-0.2, -0.15) is 0 Å². The predicted molar refractivity (Wildman–Crippen MR) is 74.3 cm³/mol. The molecule has 0 saturated carbocycles. The molecular formula is C12H14N4O3S. The molecule has 0 aromatic carbocycles. The van der Waals surface area contributed by atoms with Crippen LogP contribution in [-0.4, -0.2) is 37.3 Å². The molecule has 2 aromatic rings. The SMILES string of the molecule is NC(=O)CCCn1c(SCC(=O)O)nc2cccnc21. The highest BCUT2D eigenvalue weighted by atomic mass is 32.2. The summed E-state index contributed by atoms with van der Waals surface area (Å²) >= 11 is 1.14. The molecule has 8 heteroatoms. The van der Waals surface area contributed by atoms with E-state index in [1.54, 1.807) is 12.3 Å². The van der Waals surface area contributed by atoms with E-state index in [1.807, 2.05) is 10.6 Å². The molecule has 0 unspecified atom stereocenters. The quantitative estimate of drug-likeness (QED) is 0.733. The third kappa shape index (κ3) is 3.47. The Morgan fingerprint density at radius 3 is 2.95 bits per heavy atom. The molecule has 7 nitrogen and oxygen atoms in total. The Bertz CT molecular complexity index is 641. The van der Waals surface area contributed by atoms with Gasteiger partial charge in [-0.05, 0) is 18.6 Å². The summed E-state index contributed by atoms with van der Waals surface area (Å²) in [6.07, 6.45) is 2.49. The number of fused-ring (bicyclic) bond motifs is 1. The summed E-state index contributed by atoms with van der Waals surface area (Å²) in [7, 11) is 0. The summed E-state index contributed by atoms with van der Waals surface area (Å²) in [5.41, 5.74) is 6.51. The van der Waals surface area contributed by atoms with Crippen molar-refractivity contribution in [2.24, 2.45) is 5.73 Å². The maximum Gasteiger partial charge on any atom is 0.313 e. The second kappa shape index (κ2) is 6.38. The van der Waals surface area contributed by atoms with E-state index in [2.05, 4.69) is 9.97 Å². The zero-order valence-corrected chi connectivity index (χ0v) is 11.5. The normalized spacial score (nSPS) is 10.8.